The molecular formula is C17H28O3. The predicted octanol–water partition coefficient (Wildman–Crippen LogP) is 3.89. The highest BCUT2D eigenvalue weighted by molar-refractivity contribution is 5.76. The van der Waals surface area contributed by atoms with Crippen LogP contribution in [0, 0.1) is 11.3 Å². The second kappa shape index (κ2) is 7.07. The Bertz CT molecular complexity index is 404. The first-order valence-corrected chi connectivity index (χ1v) is 7.26. The lowest BCUT2D eigenvalue weighted by Crippen LogP contribution is -2.42. The Morgan fingerprint density at radius 1 is 1.25 bits per heavy atom. The maximum atomic E-state index is 12.2. The highest BCUT2D eigenvalue weighted by Gasteiger charge is 2.40. The van der Waals surface area contributed by atoms with Crippen LogP contribution >= 0.6 is 0 Å². The molecule has 0 saturated heterocycles. The lowest BCUT2D eigenvalue weighted by Gasteiger charge is -2.38. The molecule has 2 atom stereocenters. The Morgan fingerprint density at radius 3 is 2.45 bits per heavy atom. The molecule has 0 aliphatic heterocycles. The van der Waals surface area contributed by atoms with Crippen molar-refractivity contribution in [2.45, 2.75) is 53.1 Å². The maximum absolute atomic E-state index is 12.2. The number of hydrogen-bond donors (Lipinski definition) is 0. The first kappa shape index (κ1) is 17.0. The standard InChI is InChI=1S/C17H28O3/c1-12-8-7-9-13(2)14(16(18)20-6)15(19-5)17(3,4)11-10-12/h9-10,14-15H,7-8,11H2,1-6H3/b12-10+,13-9+/t14-,15+/m1/s1. The van der Waals surface area contributed by atoms with E-state index in [0.29, 0.717) is 0 Å². The molecule has 0 aromatic heterocycles. The van der Waals surface area contributed by atoms with Crippen LogP contribution in [-0.2, 0) is 14.3 Å². The molecule has 114 valence electrons. The summed E-state index contributed by atoms with van der Waals surface area (Å²) >= 11 is 0. The Hall–Kier alpha value is -1.09. The van der Waals surface area contributed by atoms with Gasteiger partial charge in [0.05, 0.1) is 13.2 Å². The summed E-state index contributed by atoms with van der Waals surface area (Å²) in [6.45, 7) is 8.47. The monoisotopic (exact) mass is 280 g/mol. The van der Waals surface area contributed by atoms with Gasteiger partial charge in [-0.3, -0.25) is 4.79 Å². The van der Waals surface area contributed by atoms with Crippen LogP contribution in [-0.4, -0.2) is 26.3 Å². The molecule has 1 aliphatic rings. The number of carbonyl (C=O) groups excluding carboxylic acids is 1. The van der Waals surface area contributed by atoms with E-state index in [2.05, 4.69) is 32.9 Å². The van der Waals surface area contributed by atoms with E-state index in [0.717, 1.165) is 24.8 Å². The van der Waals surface area contributed by atoms with Crippen LogP contribution in [0.4, 0.5) is 0 Å². The van der Waals surface area contributed by atoms with E-state index >= 15 is 0 Å². The van der Waals surface area contributed by atoms with Crippen molar-refractivity contribution >= 4 is 5.97 Å². The molecule has 0 aromatic rings. The molecule has 1 rings (SSSR count). The first-order valence-electron chi connectivity index (χ1n) is 7.26. The van der Waals surface area contributed by atoms with Gasteiger partial charge < -0.3 is 9.47 Å². The minimum atomic E-state index is -0.327. The van der Waals surface area contributed by atoms with E-state index in [9.17, 15) is 4.79 Å². The lowest BCUT2D eigenvalue weighted by atomic mass is 9.73. The van der Waals surface area contributed by atoms with Gasteiger partial charge in [-0.1, -0.05) is 37.1 Å². The third kappa shape index (κ3) is 3.95. The van der Waals surface area contributed by atoms with Crippen LogP contribution in [0.3, 0.4) is 0 Å². The smallest absolute Gasteiger partial charge is 0.315 e. The third-order valence-corrected chi connectivity index (χ3v) is 4.25. The number of esters is 1. The average molecular weight is 280 g/mol. The quantitative estimate of drug-likeness (QED) is 0.568. The molecule has 0 heterocycles. The van der Waals surface area contributed by atoms with Gasteiger partial charge in [0, 0.05) is 7.11 Å². The molecule has 1 aliphatic carbocycles. The molecule has 0 radical (unpaired) electrons. The van der Waals surface area contributed by atoms with Crippen molar-refractivity contribution in [1.29, 1.82) is 0 Å². The van der Waals surface area contributed by atoms with E-state index in [4.69, 9.17) is 9.47 Å². The minimum Gasteiger partial charge on any atom is -0.468 e. The van der Waals surface area contributed by atoms with Crippen LogP contribution < -0.4 is 0 Å². The zero-order valence-corrected chi connectivity index (χ0v) is 13.7. The largest absolute Gasteiger partial charge is 0.468 e. The molecule has 0 amide bonds. The van der Waals surface area contributed by atoms with Crippen molar-refractivity contribution in [3.63, 3.8) is 0 Å². The van der Waals surface area contributed by atoms with Gasteiger partial charge in [-0.25, -0.2) is 0 Å². The van der Waals surface area contributed by atoms with Gasteiger partial charge in [0.15, 0.2) is 0 Å². The number of methoxy groups -OCH3 is 2. The summed E-state index contributed by atoms with van der Waals surface area (Å²) < 4.78 is 10.7. The van der Waals surface area contributed by atoms with Crippen LogP contribution in [0.2, 0.25) is 0 Å². The SMILES string of the molecule is COC(=O)[C@@H]1/C(C)=C/CC/C(C)=C/CC(C)(C)[C@H]1OC. The Morgan fingerprint density at radius 2 is 1.90 bits per heavy atom. The molecule has 0 aromatic carbocycles. The summed E-state index contributed by atoms with van der Waals surface area (Å²) in [6, 6.07) is 0. The number of allylic oxidation sites excluding steroid dienone is 3. The van der Waals surface area contributed by atoms with Gasteiger partial charge in [-0.2, -0.15) is 0 Å². The number of rotatable bonds is 2. The van der Waals surface area contributed by atoms with Crippen LogP contribution in [0.1, 0.15) is 47.0 Å². The fraction of sp³-hybridized carbons (Fsp3) is 0.706. The second-order valence-electron chi connectivity index (χ2n) is 6.39. The summed E-state index contributed by atoms with van der Waals surface area (Å²) in [7, 11) is 3.12. The first-order chi connectivity index (χ1) is 9.33. The normalized spacial score (nSPS) is 32.5. The maximum Gasteiger partial charge on any atom is 0.315 e. The molecule has 0 saturated carbocycles. The topological polar surface area (TPSA) is 35.5 Å². The molecule has 0 N–H and O–H groups in total. The summed E-state index contributed by atoms with van der Waals surface area (Å²) in [5.41, 5.74) is 2.32. The third-order valence-electron chi connectivity index (χ3n) is 4.25. The summed E-state index contributed by atoms with van der Waals surface area (Å²) in [6.07, 6.45) is 7.13. The van der Waals surface area contributed by atoms with Crippen LogP contribution in [0.25, 0.3) is 0 Å². The van der Waals surface area contributed by atoms with E-state index in [1.807, 2.05) is 6.92 Å². The van der Waals surface area contributed by atoms with Crippen molar-refractivity contribution in [3.8, 4) is 0 Å². The van der Waals surface area contributed by atoms with Gasteiger partial charge in [-0.15, -0.1) is 0 Å². The molecule has 20 heavy (non-hydrogen) atoms. The number of ether oxygens (including phenoxy) is 2. The molecular weight excluding hydrogens is 252 g/mol. The van der Waals surface area contributed by atoms with E-state index in [1.165, 1.54) is 12.7 Å². The molecule has 3 heteroatoms. The zero-order valence-electron chi connectivity index (χ0n) is 13.7. The Labute approximate surface area is 123 Å². The fourth-order valence-corrected chi connectivity index (χ4v) is 2.89. The average Bonchev–Trinajstić information content (AvgIpc) is 2.40. The summed E-state index contributed by atoms with van der Waals surface area (Å²) in [4.78, 5) is 12.2. The number of hydrogen-bond acceptors (Lipinski definition) is 3. The van der Waals surface area contributed by atoms with E-state index in [-0.39, 0.29) is 23.4 Å². The fourth-order valence-electron chi connectivity index (χ4n) is 2.89. The van der Waals surface area contributed by atoms with Crippen molar-refractivity contribution < 1.29 is 14.3 Å². The van der Waals surface area contributed by atoms with E-state index < -0.39 is 0 Å². The van der Waals surface area contributed by atoms with Crippen molar-refractivity contribution in [2.75, 3.05) is 14.2 Å². The van der Waals surface area contributed by atoms with Gasteiger partial charge in [0.1, 0.15) is 5.92 Å². The van der Waals surface area contributed by atoms with E-state index in [1.54, 1.807) is 7.11 Å². The molecule has 3 nitrogen and oxygen atoms in total. The minimum absolute atomic E-state index is 0.124. The Kier molecular flexibility index (Phi) is 6.00. The molecule has 0 bridgehead atoms. The van der Waals surface area contributed by atoms with Crippen molar-refractivity contribution in [2.24, 2.45) is 11.3 Å². The van der Waals surface area contributed by atoms with Gasteiger partial charge in [-0.05, 0) is 38.5 Å². The molecule has 0 spiro atoms. The predicted molar refractivity (Wildman–Crippen MR) is 81.4 cm³/mol. The highest BCUT2D eigenvalue weighted by atomic mass is 16.5. The summed E-state index contributed by atoms with van der Waals surface area (Å²) in [5.74, 6) is -0.535. The zero-order chi connectivity index (χ0) is 15.3. The second-order valence-corrected chi connectivity index (χ2v) is 6.39. The van der Waals surface area contributed by atoms with Gasteiger partial charge in [0.25, 0.3) is 0 Å². The van der Waals surface area contributed by atoms with Crippen molar-refractivity contribution in [1.82, 2.24) is 0 Å². The van der Waals surface area contributed by atoms with Crippen LogP contribution in [0.5, 0.6) is 0 Å². The molecule has 0 unspecified atom stereocenters. The lowest BCUT2D eigenvalue weighted by molar-refractivity contribution is -0.152. The number of carbonyl (C=O) groups is 1. The van der Waals surface area contributed by atoms with Crippen molar-refractivity contribution in [3.05, 3.63) is 23.3 Å². The summed E-state index contributed by atoms with van der Waals surface area (Å²) in [5, 5.41) is 0. The van der Waals surface area contributed by atoms with Gasteiger partial charge in [0.2, 0.25) is 0 Å². The van der Waals surface area contributed by atoms with Gasteiger partial charge >= 0.3 is 5.97 Å². The van der Waals surface area contributed by atoms with Crippen LogP contribution in [0.15, 0.2) is 23.3 Å². The highest BCUT2D eigenvalue weighted by Crippen LogP contribution is 2.37. The molecule has 0 fully saturated rings. The Balaban J connectivity index is 3.23.